The molecule has 0 aliphatic carbocycles. The summed E-state index contributed by atoms with van der Waals surface area (Å²) in [5.41, 5.74) is 1.05. The van der Waals surface area contributed by atoms with E-state index in [9.17, 15) is 0 Å². The van der Waals surface area contributed by atoms with Crippen molar-refractivity contribution in [2.45, 2.75) is 13.3 Å². The number of hydrogen-bond donors (Lipinski definition) is 0. The van der Waals surface area contributed by atoms with Gasteiger partial charge in [0.05, 0.1) is 0 Å². The third-order valence-corrected chi connectivity index (χ3v) is 1.41. The number of rotatable bonds is 2. The first-order chi connectivity index (χ1) is 5.33. The zero-order valence-corrected chi connectivity index (χ0v) is 6.78. The summed E-state index contributed by atoms with van der Waals surface area (Å²) in [4.78, 5) is 12.2. The molecule has 3 nitrogen and oxygen atoms in total. The van der Waals surface area contributed by atoms with E-state index in [1.54, 1.807) is 19.4 Å². The van der Waals surface area contributed by atoms with E-state index in [0.29, 0.717) is 0 Å². The molecule has 0 atom stereocenters. The topological polar surface area (TPSA) is 38.1 Å². The molecular formula is C8H11N3. The van der Waals surface area contributed by atoms with Crippen LogP contribution in [0.1, 0.15) is 12.7 Å². The van der Waals surface area contributed by atoms with E-state index in [2.05, 4.69) is 15.0 Å². The Morgan fingerprint density at radius 1 is 1.45 bits per heavy atom. The lowest BCUT2D eigenvalue weighted by atomic mass is 10.3. The van der Waals surface area contributed by atoms with Crippen molar-refractivity contribution in [2.24, 2.45) is 4.99 Å². The fourth-order valence-corrected chi connectivity index (χ4v) is 0.729. The number of hydrogen-bond acceptors (Lipinski definition) is 3. The van der Waals surface area contributed by atoms with Crippen molar-refractivity contribution >= 4 is 5.71 Å². The SMILES string of the molecule is CN=C(C)Cc1ncccn1. The fourth-order valence-electron chi connectivity index (χ4n) is 0.729. The van der Waals surface area contributed by atoms with Gasteiger partial charge in [-0.25, -0.2) is 9.97 Å². The highest BCUT2D eigenvalue weighted by Crippen LogP contribution is 1.90. The summed E-state index contributed by atoms with van der Waals surface area (Å²) in [6.45, 7) is 1.97. The second-order valence-electron chi connectivity index (χ2n) is 2.30. The average molecular weight is 149 g/mol. The molecule has 0 radical (unpaired) electrons. The molecule has 0 bridgehead atoms. The summed E-state index contributed by atoms with van der Waals surface area (Å²) in [7, 11) is 1.78. The summed E-state index contributed by atoms with van der Waals surface area (Å²) >= 11 is 0. The molecule has 1 aromatic heterocycles. The van der Waals surface area contributed by atoms with Crippen LogP contribution in [0, 0.1) is 0 Å². The van der Waals surface area contributed by atoms with Crippen LogP contribution < -0.4 is 0 Å². The number of aromatic nitrogens is 2. The minimum Gasteiger partial charge on any atom is -0.297 e. The predicted molar refractivity (Wildman–Crippen MR) is 44.8 cm³/mol. The van der Waals surface area contributed by atoms with Crippen molar-refractivity contribution in [3.63, 3.8) is 0 Å². The van der Waals surface area contributed by atoms with Gasteiger partial charge in [0.25, 0.3) is 0 Å². The molecule has 3 heteroatoms. The molecule has 0 spiro atoms. The Morgan fingerprint density at radius 3 is 2.64 bits per heavy atom. The maximum absolute atomic E-state index is 4.07. The Morgan fingerprint density at radius 2 is 2.09 bits per heavy atom. The minimum atomic E-state index is 0.747. The van der Waals surface area contributed by atoms with Gasteiger partial charge in [0, 0.05) is 31.6 Å². The van der Waals surface area contributed by atoms with Gasteiger partial charge in [-0.1, -0.05) is 0 Å². The molecule has 0 fully saturated rings. The van der Waals surface area contributed by atoms with Crippen LogP contribution in [0.3, 0.4) is 0 Å². The van der Waals surface area contributed by atoms with Gasteiger partial charge in [-0.2, -0.15) is 0 Å². The summed E-state index contributed by atoms with van der Waals surface area (Å²) in [6, 6.07) is 1.81. The molecular weight excluding hydrogens is 138 g/mol. The summed E-state index contributed by atoms with van der Waals surface area (Å²) in [5, 5.41) is 0. The maximum atomic E-state index is 4.07. The number of aliphatic imine (C=N–C) groups is 1. The van der Waals surface area contributed by atoms with E-state index in [0.717, 1.165) is 18.0 Å². The van der Waals surface area contributed by atoms with Gasteiger partial charge in [0.15, 0.2) is 0 Å². The van der Waals surface area contributed by atoms with Crippen LogP contribution in [0.4, 0.5) is 0 Å². The van der Waals surface area contributed by atoms with Gasteiger partial charge in [-0.05, 0) is 13.0 Å². The normalized spacial score (nSPS) is 11.6. The summed E-state index contributed by atoms with van der Waals surface area (Å²) < 4.78 is 0. The third kappa shape index (κ3) is 2.45. The molecule has 0 N–H and O–H groups in total. The van der Waals surface area contributed by atoms with E-state index in [1.807, 2.05) is 13.0 Å². The second-order valence-corrected chi connectivity index (χ2v) is 2.30. The zero-order valence-electron chi connectivity index (χ0n) is 6.78. The van der Waals surface area contributed by atoms with Gasteiger partial charge in [-0.15, -0.1) is 0 Å². The molecule has 0 unspecified atom stereocenters. The molecule has 0 aliphatic rings. The molecule has 1 aromatic rings. The summed E-state index contributed by atoms with van der Waals surface area (Å²) in [6.07, 6.45) is 4.23. The van der Waals surface area contributed by atoms with Crippen molar-refractivity contribution in [1.29, 1.82) is 0 Å². The molecule has 0 saturated heterocycles. The lowest BCUT2D eigenvalue weighted by molar-refractivity contribution is 1.00. The molecule has 0 saturated carbocycles. The Balaban J connectivity index is 2.65. The van der Waals surface area contributed by atoms with Gasteiger partial charge < -0.3 is 0 Å². The quantitative estimate of drug-likeness (QED) is 0.591. The van der Waals surface area contributed by atoms with Gasteiger partial charge in [0.1, 0.15) is 5.82 Å². The van der Waals surface area contributed by atoms with Crippen LogP contribution in [0.25, 0.3) is 0 Å². The van der Waals surface area contributed by atoms with Crippen molar-refractivity contribution in [2.75, 3.05) is 7.05 Å². The molecule has 0 amide bonds. The van der Waals surface area contributed by atoms with E-state index in [1.165, 1.54) is 0 Å². The standard InChI is InChI=1S/C8H11N3/c1-7(9-2)6-8-10-4-3-5-11-8/h3-5H,6H2,1-2H3. The van der Waals surface area contributed by atoms with Gasteiger partial charge in [0.2, 0.25) is 0 Å². The Labute approximate surface area is 66.2 Å². The van der Waals surface area contributed by atoms with Gasteiger partial charge in [-0.3, -0.25) is 4.99 Å². The highest BCUT2D eigenvalue weighted by atomic mass is 14.9. The molecule has 0 aliphatic heterocycles. The molecule has 11 heavy (non-hydrogen) atoms. The monoisotopic (exact) mass is 149 g/mol. The Bertz CT molecular complexity index is 241. The second kappa shape index (κ2) is 3.81. The smallest absolute Gasteiger partial charge is 0.133 e. The predicted octanol–water partition coefficient (Wildman–Crippen LogP) is 1.11. The van der Waals surface area contributed by atoms with E-state index >= 15 is 0 Å². The average Bonchev–Trinajstić information content (AvgIpc) is 2.06. The van der Waals surface area contributed by atoms with Crippen molar-refractivity contribution in [3.05, 3.63) is 24.3 Å². The largest absolute Gasteiger partial charge is 0.297 e. The van der Waals surface area contributed by atoms with Crippen molar-refractivity contribution in [1.82, 2.24) is 9.97 Å². The maximum Gasteiger partial charge on any atom is 0.133 e. The van der Waals surface area contributed by atoms with E-state index in [4.69, 9.17) is 0 Å². The van der Waals surface area contributed by atoms with Crippen LogP contribution in [-0.2, 0) is 6.42 Å². The van der Waals surface area contributed by atoms with Crippen LogP contribution in [-0.4, -0.2) is 22.7 Å². The fraction of sp³-hybridized carbons (Fsp3) is 0.375. The van der Waals surface area contributed by atoms with Crippen molar-refractivity contribution in [3.8, 4) is 0 Å². The molecule has 58 valence electrons. The first-order valence-electron chi connectivity index (χ1n) is 3.51. The zero-order chi connectivity index (χ0) is 8.10. The van der Waals surface area contributed by atoms with Crippen LogP contribution in [0.5, 0.6) is 0 Å². The van der Waals surface area contributed by atoms with Gasteiger partial charge >= 0.3 is 0 Å². The number of nitrogens with zero attached hydrogens (tertiary/aromatic N) is 3. The Hall–Kier alpha value is -1.25. The minimum absolute atomic E-state index is 0.747. The molecule has 1 rings (SSSR count). The highest BCUT2D eigenvalue weighted by Gasteiger charge is 1.95. The van der Waals surface area contributed by atoms with Crippen LogP contribution >= 0.6 is 0 Å². The van der Waals surface area contributed by atoms with Crippen LogP contribution in [0.15, 0.2) is 23.5 Å². The molecule has 1 heterocycles. The first kappa shape index (κ1) is 7.85. The highest BCUT2D eigenvalue weighted by molar-refractivity contribution is 5.83. The lowest BCUT2D eigenvalue weighted by Gasteiger charge is -1.95. The van der Waals surface area contributed by atoms with Crippen LogP contribution in [0.2, 0.25) is 0 Å². The first-order valence-corrected chi connectivity index (χ1v) is 3.51. The van der Waals surface area contributed by atoms with E-state index in [-0.39, 0.29) is 0 Å². The lowest BCUT2D eigenvalue weighted by Crippen LogP contribution is -2.01. The Kier molecular flexibility index (Phi) is 2.72. The molecule has 0 aromatic carbocycles. The third-order valence-electron chi connectivity index (χ3n) is 1.41. The van der Waals surface area contributed by atoms with Crippen molar-refractivity contribution < 1.29 is 0 Å². The summed E-state index contributed by atoms with van der Waals surface area (Å²) in [5.74, 6) is 0.829. The van der Waals surface area contributed by atoms with E-state index < -0.39 is 0 Å².